The lowest BCUT2D eigenvalue weighted by Gasteiger charge is -2.21. The number of aromatic nitrogens is 3. The summed E-state index contributed by atoms with van der Waals surface area (Å²) in [6, 6.07) is 10.5. The van der Waals surface area contributed by atoms with Gasteiger partial charge < -0.3 is 4.57 Å². The lowest BCUT2D eigenvalue weighted by molar-refractivity contribution is 0.197. The van der Waals surface area contributed by atoms with Gasteiger partial charge in [-0.3, -0.25) is 4.90 Å². The van der Waals surface area contributed by atoms with Crippen molar-refractivity contribution in [2.45, 2.75) is 26.6 Å². The molecule has 2 aromatic rings. The molecule has 0 aliphatic heterocycles. The van der Waals surface area contributed by atoms with E-state index < -0.39 is 0 Å². The predicted molar refractivity (Wildman–Crippen MR) is 79.2 cm³/mol. The van der Waals surface area contributed by atoms with Gasteiger partial charge in [0, 0.05) is 13.6 Å². The summed E-state index contributed by atoms with van der Waals surface area (Å²) in [5, 5.41) is 4.31. The Balaban J connectivity index is 2.08. The van der Waals surface area contributed by atoms with Gasteiger partial charge in [-0.1, -0.05) is 37.3 Å². The van der Waals surface area contributed by atoms with Gasteiger partial charge in [0.25, 0.3) is 0 Å². The summed E-state index contributed by atoms with van der Waals surface area (Å²) in [4.78, 5) is 2.36. The Kier molecular flexibility index (Phi) is 4.87. The Hall–Kier alpha value is -1.46. The summed E-state index contributed by atoms with van der Waals surface area (Å²) in [5.74, 6) is 0. The number of rotatable bonds is 6. The van der Waals surface area contributed by atoms with Crippen LogP contribution in [0.4, 0.5) is 0 Å². The zero-order valence-corrected chi connectivity index (χ0v) is 12.3. The highest BCUT2D eigenvalue weighted by molar-refractivity contribution is 7.71. The maximum atomic E-state index is 5.33. The van der Waals surface area contributed by atoms with Crippen molar-refractivity contribution in [3.63, 3.8) is 0 Å². The molecule has 1 aromatic carbocycles. The Labute approximate surface area is 119 Å². The van der Waals surface area contributed by atoms with E-state index in [0.717, 1.165) is 31.0 Å². The zero-order chi connectivity index (χ0) is 13.7. The van der Waals surface area contributed by atoms with Crippen LogP contribution in [0.2, 0.25) is 0 Å². The van der Waals surface area contributed by atoms with Gasteiger partial charge in [-0.25, -0.2) is 4.68 Å². The summed E-state index contributed by atoms with van der Waals surface area (Å²) in [7, 11) is 1.92. The van der Waals surface area contributed by atoms with Gasteiger partial charge in [-0.15, -0.1) is 0 Å². The number of benzene rings is 1. The summed E-state index contributed by atoms with van der Waals surface area (Å²) in [6.45, 7) is 4.89. The lowest BCUT2D eigenvalue weighted by atomic mass is 10.2. The SMILES string of the molecule is CCCN(Cc1ccccc1)Cn1ncn(C)c1=S. The number of nitrogens with zero attached hydrogens (tertiary/aromatic N) is 4. The smallest absolute Gasteiger partial charge is 0.198 e. The van der Waals surface area contributed by atoms with E-state index in [1.54, 1.807) is 6.33 Å². The highest BCUT2D eigenvalue weighted by Crippen LogP contribution is 2.06. The minimum atomic E-state index is 0.738. The van der Waals surface area contributed by atoms with Crippen LogP contribution in [0, 0.1) is 4.77 Å². The van der Waals surface area contributed by atoms with Gasteiger partial charge >= 0.3 is 0 Å². The predicted octanol–water partition coefficient (Wildman–Crippen LogP) is 2.82. The van der Waals surface area contributed by atoms with Gasteiger partial charge in [0.15, 0.2) is 4.77 Å². The Morgan fingerprint density at radius 1 is 1.26 bits per heavy atom. The molecule has 1 aromatic heterocycles. The maximum absolute atomic E-state index is 5.33. The van der Waals surface area contributed by atoms with E-state index in [0.29, 0.717) is 0 Å². The average Bonchev–Trinajstić information content (AvgIpc) is 2.72. The second-order valence-corrected chi connectivity index (χ2v) is 5.07. The summed E-state index contributed by atoms with van der Waals surface area (Å²) in [5.41, 5.74) is 1.32. The van der Waals surface area contributed by atoms with Gasteiger partial charge in [0.05, 0.1) is 6.67 Å². The van der Waals surface area contributed by atoms with E-state index in [2.05, 4.69) is 41.2 Å². The van der Waals surface area contributed by atoms with Crippen LogP contribution < -0.4 is 0 Å². The molecule has 102 valence electrons. The lowest BCUT2D eigenvalue weighted by Crippen LogP contribution is -2.27. The van der Waals surface area contributed by atoms with Crippen LogP contribution in [0.25, 0.3) is 0 Å². The largest absolute Gasteiger partial charge is 0.310 e. The molecule has 19 heavy (non-hydrogen) atoms. The highest BCUT2D eigenvalue weighted by atomic mass is 32.1. The molecule has 0 radical (unpaired) electrons. The molecule has 0 aliphatic carbocycles. The fourth-order valence-corrected chi connectivity index (χ4v) is 2.22. The first-order valence-corrected chi connectivity index (χ1v) is 6.96. The average molecular weight is 276 g/mol. The first kappa shape index (κ1) is 14.0. The number of hydrogen-bond donors (Lipinski definition) is 0. The molecule has 0 unspecified atom stereocenters. The van der Waals surface area contributed by atoms with Crippen LogP contribution in [0.1, 0.15) is 18.9 Å². The van der Waals surface area contributed by atoms with Crippen LogP contribution in [0.5, 0.6) is 0 Å². The molecule has 0 fully saturated rings. The molecular formula is C14H20N4S. The van der Waals surface area contributed by atoms with E-state index in [9.17, 15) is 0 Å². The molecule has 0 aliphatic rings. The van der Waals surface area contributed by atoms with Crippen molar-refractivity contribution in [1.29, 1.82) is 0 Å². The molecule has 0 saturated carbocycles. The molecule has 0 N–H and O–H groups in total. The third-order valence-corrected chi connectivity index (χ3v) is 3.51. The molecule has 2 rings (SSSR count). The second-order valence-electron chi connectivity index (χ2n) is 4.70. The number of hydrogen-bond acceptors (Lipinski definition) is 3. The monoisotopic (exact) mass is 276 g/mol. The summed E-state index contributed by atoms with van der Waals surface area (Å²) in [6.07, 6.45) is 2.88. The normalized spacial score (nSPS) is 11.1. The van der Waals surface area contributed by atoms with Crippen LogP contribution in [0.15, 0.2) is 36.7 Å². The van der Waals surface area contributed by atoms with Gasteiger partial charge in [0.2, 0.25) is 0 Å². The summed E-state index contributed by atoms with van der Waals surface area (Å²) < 4.78 is 4.49. The van der Waals surface area contributed by atoms with E-state index in [1.165, 1.54) is 5.56 Å². The fraction of sp³-hybridized carbons (Fsp3) is 0.429. The van der Waals surface area contributed by atoms with Crippen molar-refractivity contribution in [2.24, 2.45) is 7.05 Å². The minimum Gasteiger partial charge on any atom is -0.310 e. The third kappa shape index (κ3) is 3.75. The maximum Gasteiger partial charge on any atom is 0.198 e. The van der Waals surface area contributed by atoms with Crippen molar-refractivity contribution in [1.82, 2.24) is 19.2 Å². The zero-order valence-electron chi connectivity index (χ0n) is 11.5. The van der Waals surface area contributed by atoms with Crippen LogP contribution in [-0.2, 0) is 20.3 Å². The molecule has 0 bridgehead atoms. The van der Waals surface area contributed by atoms with E-state index in [-0.39, 0.29) is 0 Å². The Bertz CT molecular complexity index is 558. The molecular weight excluding hydrogens is 256 g/mol. The van der Waals surface area contributed by atoms with Crippen LogP contribution >= 0.6 is 12.2 Å². The molecule has 0 spiro atoms. The second kappa shape index (κ2) is 6.63. The summed E-state index contributed by atoms with van der Waals surface area (Å²) >= 11 is 5.33. The van der Waals surface area contributed by atoms with Crippen LogP contribution in [-0.4, -0.2) is 25.8 Å². The van der Waals surface area contributed by atoms with Gasteiger partial charge in [0.1, 0.15) is 6.33 Å². The van der Waals surface area contributed by atoms with E-state index in [1.807, 2.05) is 22.4 Å². The molecule has 0 saturated heterocycles. The van der Waals surface area contributed by atoms with Crippen molar-refractivity contribution in [3.8, 4) is 0 Å². The Morgan fingerprint density at radius 2 is 2.00 bits per heavy atom. The quantitative estimate of drug-likeness (QED) is 0.759. The molecule has 0 amide bonds. The molecule has 5 heteroatoms. The van der Waals surface area contributed by atoms with Crippen molar-refractivity contribution in [2.75, 3.05) is 6.54 Å². The molecule has 1 heterocycles. The standard InChI is InChI=1S/C14H20N4S/c1-3-9-17(10-13-7-5-4-6-8-13)12-18-14(19)16(2)11-15-18/h4-8,11H,3,9-10,12H2,1-2H3. The van der Waals surface area contributed by atoms with Gasteiger partial charge in [-0.2, -0.15) is 5.10 Å². The van der Waals surface area contributed by atoms with Gasteiger partial charge in [-0.05, 0) is 30.7 Å². The van der Waals surface area contributed by atoms with Crippen molar-refractivity contribution < 1.29 is 0 Å². The van der Waals surface area contributed by atoms with Crippen molar-refractivity contribution >= 4 is 12.2 Å². The minimum absolute atomic E-state index is 0.738. The topological polar surface area (TPSA) is 26.0 Å². The highest BCUT2D eigenvalue weighted by Gasteiger charge is 2.07. The Morgan fingerprint density at radius 3 is 2.58 bits per heavy atom. The van der Waals surface area contributed by atoms with E-state index in [4.69, 9.17) is 12.2 Å². The first-order chi connectivity index (χ1) is 9.20. The first-order valence-electron chi connectivity index (χ1n) is 6.55. The fourth-order valence-electron chi connectivity index (χ4n) is 2.06. The molecule has 0 atom stereocenters. The molecule has 4 nitrogen and oxygen atoms in total. The van der Waals surface area contributed by atoms with Crippen LogP contribution in [0.3, 0.4) is 0 Å². The van der Waals surface area contributed by atoms with E-state index >= 15 is 0 Å². The van der Waals surface area contributed by atoms with Crippen molar-refractivity contribution in [3.05, 3.63) is 47.0 Å². The number of aryl methyl sites for hydroxylation is 1. The third-order valence-electron chi connectivity index (χ3n) is 3.01.